The number of esters is 2. The Morgan fingerprint density at radius 3 is 2.46 bits per heavy atom. The maximum Gasteiger partial charge on any atom is 0.302 e. The third-order valence-electron chi connectivity index (χ3n) is 7.17. The first-order valence-electron chi connectivity index (χ1n) is 10.7. The number of carbonyl (C=O) groups is 2. The predicted molar refractivity (Wildman–Crippen MR) is 112 cm³/mol. The van der Waals surface area contributed by atoms with Crippen LogP contribution in [0.4, 0.5) is 0 Å². The fourth-order valence-corrected chi connectivity index (χ4v) is 5.73. The molecule has 0 saturated heterocycles. The van der Waals surface area contributed by atoms with Crippen molar-refractivity contribution in [1.29, 1.82) is 0 Å². The number of hydrogen-bond acceptors (Lipinski definition) is 4. The van der Waals surface area contributed by atoms with Crippen LogP contribution in [0.5, 0.6) is 0 Å². The first-order chi connectivity index (χ1) is 13.1. The largest absolute Gasteiger partial charge is 0.462 e. The summed E-state index contributed by atoms with van der Waals surface area (Å²) >= 11 is 0. The van der Waals surface area contributed by atoms with Gasteiger partial charge in [0.05, 0.1) is 0 Å². The van der Waals surface area contributed by atoms with Crippen molar-refractivity contribution in [2.24, 2.45) is 22.7 Å². The maximum atomic E-state index is 11.3. The molecule has 158 valence electrons. The van der Waals surface area contributed by atoms with Gasteiger partial charge in [0, 0.05) is 13.8 Å². The highest BCUT2D eigenvalue weighted by molar-refractivity contribution is 5.66. The van der Waals surface area contributed by atoms with Crippen molar-refractivity contribution in [2.75, 3.05) is 13.2 Å². The number of ether oxygens (including phenoxy) is 2. The molecule has 0 spiro atoms. The van der Waals surface area contributed by atoms with Gasteiger partial charge in [-0.25, -0.2) is 0 Å². The quantitative estimate of drug-likeness (QED) is 0.418. The fraction of sp³-hybridized carbons (Fsp3) is 0.750. The second-order valence-electron chi connectivity index (χ2n) is 9.62. The van der Waals surface area contributed by atoms with E-state index >= 15 is 0 Å². The lowest BCUT2D eigenvalue weighted by Crippen LogP contribution is -2.48. The molecule has 0 aromatic carbocycles. The number of hydrogen-bond donors (Lipinski definition) is 0. The van der Waals surface area contributed by atoms with Crippen molar-refractivity contribution in [2.45, 2.75) is 80.1 Å². The molecule has 0 bridgehead atoms. The SMILES string of the molecule is CC(=O)OC/C=C(/CC[C@@H]1C(C)=CC[C@@H]2C(C)(C)CCC[C@@]12C)COC(C)=O. The fourth-order valence-electron chi connectivity index (χ4n) is 5.73. The average Bonchev–Trinajstić information content (AvgIpc) is 2.57. The smallest absolute Gasteiger partial charge is 0.302 e. The second-order valence-corrected chi connectivity index (χ2v) is 9.62. The van der Waals surface area contributed by atoms with Gasteiger partial charge in [-0.15, -0.1) is 0 Å². The highest BCUT2D eigenvalue weighted by atomic mass is 16.5. The zero-order valence-electron chi connectivity index (χ0n) is 18.6. The molecule has 0 aromatic rings. The van der Waals surface area contributed by atoms with Crippen molar-refractivity contribution in [1.82, 2.24) is 0 Å². The molecule has 0 radical (unpaired) electrons. The molecular formula is C24H38O4. The highest BCUT2D eigenvalue weighted by Crippen LogP contribution is 2.60. The lowest BCUT2D eigenvalue weighted by atomic mass is 9.48. The van der Waals surface area contributed by atoms with Gasteiger partial charge in [0.15, 0.2) is 0 Å². The van der Waals surface area contributed by atoms with Gasteiger partial charge in [-0.3, -0.25) is 9.59 Å². The van der Waals surface area contributed by atoms with Crippen LogP contribution >= 0.6 is 0 Å². The van der Waals surface area contributed by atoms with Crippen LogP contribution in [0.25, 0.3) is 0 Å². The van der Waals surface area contributed by atoms with Crippen LogP contribution in [-0.4, -0.2) is 25.2 Å². The highest BCUT2D eigenvalue weighted by Gasteiger charge is 2.51. The molecule has 0 aromatic heterocycles. The van der Waals surface area contributed by atoms with Crippen LogP contribution < -0.4 is 0 Å². The van der Waals surface area contributed by atoms with Gasteiger partial charge in [-0.1, -0.05) is 38.8 Å². The summed E-state index contributed by atoms with van der Waals surface area (Å²) in [5.41, 5.74) is 3.24. The Labute approximate surface area is 170 Å². The standard InChI is InChI=1S/C24H38O4/c1-17-8-11-22-23(4,5)13-7-14-24(22,6)21(17)10-9-20(16-28-19(3)26)12-15-27-18(2)25/h8,12,21-22H,7,9-11,13-16H2,1-6H3/b20-12-/t21-,22-,24+/m1/s1. The molecule has 4 heteroatoms. The molecule has 28 heavy (non-hydrogen) atoms. The number of allylic oxidation sites excluding steroid dienone is 2. The molecule has 0 aliphatic heterocycles. The Balaban J connectivity index is 2.13. The average molecular weight is 391 g/mol. The van der Waals surface area contributed by atoms with Crippen LogP contribution in [0.15, 0.2) is 23.3 Å². The number of fused-ring (bicyclic) bond motifs is 1. The monoisotopic (exact) mass is 390 g/mol. The summed E-state index contributed by atoms with van der Waals surface area (Å²) in [6.45, 7) is 13.0. The minimum atomic E-state index is -0.297. The zero-order valence-corrected chi connectivity index (χ0v) is 18.6. The Morgan fingerprint density at radius 1 is 1.14 bits per heavy atom. The van der Waals surface area contributed by atoms with Gasteiger partial charge < -0.3 is 9.47 Å². The predicted octanol–water partition coefficient (Wildman–Crippen LogP) is 5.62. The van der Waals surface area contributed by atoms with E-state index in [0.29, 0.717) is 22.7 Å². The minimum Gasteiger partial charge on any atom is -0.462 e. The van der Waals surface area contributed by atoms with Gasteiger partial charge in [-0.05, 0) is 73.3 Å². The Hall–Kier alpha value is -1.58. The summed E-state index contributed by atoms with van der Waals surface area (Å²) in [6, 6.07) is 0. The molecule has 4 nitrogen and oxygen atoms in total. The van der Waals surface area contributed by atoms with Crippen LogP contribution in [-0.2, 0) is 19.1 Å². The first-order valence-corrected chi connectivity index (χ1v) is 10.7. The lowest BCUT2D eigenvalue weighted by Gasteiger charge is -2.57. The van der Waals surface area contributed by atoms with E-state index in [0.717, 1.165) is 18.4 Å². The Bertz CT molecular complexity index is 643. The molecule has 1 saturated carbocycles. The van der Waals surface area contributed by atoms with E-state index in [1.807, 2.05) is 6.08 Å². The van der Waals surface area contributed by atoms with Gasteiger partial charge in [-0.2, -0.15) is 0 Å². The Kier molecular flexibility index (Phi) is 7.52. The molecule has 0 unspecified atom stereocenters. The summed E-state index contributed by atoms with van der Waals surface area (Å²) in [7, 11) is 0. The van der Waals surface area contributed by atoms with E-state index in [4.69, 9.17) is 9.47 Å². The summed E-state index contributed by atoms with van der Waals surface area (Å²) in [5.74, 6) is 0.673. The van der Waals surface area contributed by atoms with Crippen molar-refractivity contribution >= 4 is 11.9 Å². The van der Waals surface area contributed by atoms with Crippen LogP contribution in [0, 0.1) is 22.7 Å². The molecule has 0 heterocycles. The normalized spacial score (nSPS) is 29.5. The van der Waals surface area contributed by atoms with E-state index in [1.54, 1.807) is 0 Å². The van der Waals surface area contributed by atoms with Crippen molar-refractivity contribution < 1.29 is 19.1 Å². The zero-order chi connectivity index (χ0) is 20.9. The van der Waals surface area contributed by atoms with Gasteiger partial charge in [0.2, 0.25) is 0 Å². The third-order valence-corrected chi connectivity index (χ3v) is 7.17. The van der Waals surface area contributed by atoms with E-state index in [2.05, 4.69) is 33.8 Å². The summed E-state index contributed by atoms with van der Waals surface area (Å²) in [6.07, 6.45) is 11.3. The molecule has 2 rings (SSSR count). The maximum absolute atomic E-state index is 11.3. The Morgan fingerprint density at radius 2 is 1.82 bits per heavy atom. The van der Waals surface area contributed by atoms with Crippen LogP contribution in [0.1, 0.15) is 80.1 Å². The number of carbonyl (C=O) groups excluding carboxylic acids is 2. The van der Waals surface area contributed by atoms with Crippen LogP contribution in [0.2, 0.25) is 0 Å². The first kappa shape index (κ1) is 22.7. The summed E-state index contributed by atoms with van der Waals surface area (Å²) in [4.78, 5) is 22.3. The number of rotatable bonds is 7. The molecule has 0 N–H and O–H groups in total. The van der Waals surface area contributed by atoms with E-state index in [-0.39, 0.29) is 25.2 Å². The second kappa shape index (κ2) is 9.28. The summed E-state index contributed by atoms with van der Waals surface area (Å²) < 4.78 is 10.3. The third kappa shape index (κ3) is 5.48. The van der Waals surface area contributed by atoms with E-state index in [9.17, 15) is 9.59 Å². The van der Waals surface area contributed by atoms with Crippen LogP contribution in [0.3, 0.4) is 0 Å². The van der Waals surface area contributed by atoms with Crippen molar-refractivity contribution in [3.8, 4) is 0 Å². The van der Waals surface area contributed by atoms with Gasteiger partial charge in [0.25, 0.3) is 0 Å². The van der Waals surface area contributed by atoms with E-state index < -0.39 is 0 Å². The lowest BCUT2D eigenvalue weighted by molar-refractivity contribution is -0.141. The molecule has 2 aliphatic rings. The van der Waals surface area contributed by atoms with Gasteiger partial charge in [0.1, 0.15) is 13.2 Å². The molecular weight excluding hydrogens is 352 g/mol. The summed E-state index contributed by atoms with van der Waals surface area (Å²) in [5, 5.41) is 0. The molecule has 1 fully saturated rings. The minimum absolute atomic E-state index is 0.234. The topological polar surface area (TPSA) is 52.6 Å². The molecule has 2 aliphatic carbocycles. The molecule has 3 atom stereocenters. The van der Waals surface area contributed by atoms with Gasteiger partial charge >= 0.3 is 11.9 Å². The van der Waals surface area contributed by atoms with E-state index in [1.165, 1.54) is 45.1 Å². The van der Waals surface area contributed by atoms with Crippen molar-refractivity contribution in [3.05, 3.63) is 23.3 Å². The molecule has 0 amide bonds. The van der Waals surface area contributed by atoms with Crippen molar-refractivity contribution in [3.63, 3.8) is 0 Å².